The summed E-state index contributed by atoms with van der Waals surface area (Å²) < 4.78 is 32.4. The van der Waals surface area contributed by atoms with Crippen LogP contribution in [-0.2, 0) is 10.0 Å². The molecule has 23 heavy (non-hydrogen) atoms. The Labute approximate surface area is 137 Å². The molecule has 2 aliphatic rings. The molecule has 3 rings (SSSR count). The molecule has 2 fully saturated rings. The fraction of sp³-hybridized carbons (Fsp3) is 0.688. The van der Waals surface area contributed by atoms with E-state index >= 15 is 0 Å². The van der Waals surface area contributed by atoms with E-state index in [9.17, 15) is 13.2 Å². The fourth-order valence-electron chi connectivity index (χ4n) is 3.21. The second kappa shape index (κ2) is 6.65. The molecule has 1 aromatic heterocycles. The van der Waals surface area contributed by atoms with Gasteiger partial charge in [0.05, 0.1) is 12.0 Å². The van der Waals surface area contributed by atoms with Crippen molar-refractivity contribution in [3.63, 3.8) is 0 Å². The van der Waals surface area contributed by atoms with Gasteiger partial charge in [0.25, 0.3) is 5.91 Å². The van der Waals surface area contributed by atoms with Crippen molar-refractivity contribution in [3.05, 3.63) is 24.2 Å². The monoisotopic (exact) mass is 340 g/mol. The van der Waals surface area contributed by atoms with E-state index in [4.69, 9.17) is 4.42 Å². The summed E-state index contributed by atoms with van der Waals surface area (Å²) in [6.45, 7) is 3.11. The summed E-state index contributed by atoms with van der Waals surface area (Å²) in [7, 11) is -3.24. The summed E-state index contributed by atoms with van der Waals surface area (Å²) in [5.74, 6) is 1.23. The Kier molecular flexibility index (Phi) is 4.77. The molecule has 7 heteroatoms. The van der Waals surface area contributed by atoms with Gasteiger partial charge in [-0.25, -0.2) is 13.1 Å². The van der Waals surface area contributed by atoms with Gasteiger partial charge in [-0.1, -0.05) is 6.92 Å². The lowest BCUT2D eigenvalue weighted by Crippen LogP contribution is -2.47. The van der Waals surface area contributed by atoms with Crippen molar-refractivity contribution in [2.24, 2.45) is 11.8 Å². The average Bonchev–Trinajstić information content (AvgIpc) is 3.22. The highest BCUT2D eigenvalue weighted by molar-refractivity contribution is 7.89. The van der Waals surface area contributed by atoms with Gasteiger partial charge in [0.2, 0.25) is 10.0 Å². The van der Waals surface area contributed by atoms with Crippen LogP contribution < -0.4 is 4.72 Å². The SMILES string of the molecule is CC(CS(=O)(=O)NC1CCN(C(=O)c2ccco2)CC1)C1CC1. The first-order chi connectivity index (χ1) is 10.9. The van der Waals surface area contributed by atoms with Gasteiger partial charge in [-0.3, -0.25) is 4.79 Å². The number of nitrogens with zero attached hydrogens (tertiary/aromatic N) is 1. The zero-order chi connectivity index (χ0) is 16.4. The average molecular weight is 340 g/mol. The van der Waals surface area contributed by atoms with Crippen LogP contribution >= 0.6 is 0 Å². The third kappa shape index (κ3) is 4.35. The predicted octanol–water partition coefficient (Wildman–Crippen LogP) is 1.85. The molecule has 1 amide bonds. The quantitative estimate of drug-likeness (QED) is 0.857. The molecule has 128 valence electrons. The van der Waals surface area contributed by atoms with E-state index < -0.39 is 10.0 Å². The maximum absolute atomic E-state index is 12.2. The van der Waals surface area contributed by atoms with Crippen LogP contribution in [0.2, 0.25) is 0 Å². The Hall–Kier alpha value is -1.34. The fourth-order valence-corrected chi connectivity index (χ4v) is 5.01. The van der Waals surface area contributed by atoms with Crippen molar-refractivity contribution >= 4 is 15.9 Å². The molecule has 0 bridgehead atoms. The molecule has 1 atom stereocenters. The van der Waals surface area contributed by atoms with Gasteiger partial charge in [-0.2, -0.15) is 0 Å². The number of nitrogens with one attached hydrogen (secondary N) is 1. The minimum Gasteiger partial charge on any atom is -0.459 e. The summed E-state index contributed by atoms with van der Waals surface area (Å²) in [5, 5.41) is 0. The van der Waals surface area contributed by atoms with E-state index in [1.807, 2.05) is 6.92 Å². The van der Waals surface area contributed by atoms with Crippen LogP contribution in [-0.4, -0.2) is 44.1 Å². The first kappa shape index (κ1) is 16.5. The predicted molar refractivity (Wildman–Crippen MR) is 86.4 cm³/mol. The Morgan fingerprint density at radius 2 is 2.04 bits per heavy atom. The number of piperidine rings is 1. The molecule has 1 saturated heterocycles. The van der Waals surface area contributed by atoms with Gasteiger partial charge in [-0.15, -0.1) is 0 Å². The number of hydrogen-bond donors (Lipinski definition) is 1. The van der Waals surface area contributed by atoms with Gasteiger partial charge in [0.15, 0.2) is 5.76 Å². The number of carbonyl (C=O) groups is 1. The van der Waals surface area contributed by atoms with E-state index in [2.05, 4.69) is 4.72 Å². The highest BCUT2D eigenvalue weighted by Gasteiger charge is 2.33. The Bertz CT molecular complexity index is 629. The molecule has 0 aromatic carbocycles. The highest BCUT2D eigenvalue weighted by Crippen LogP contribution is 2.37. The molecule has 1 unspecified atom stereocenters. The van der Waals surface area contributed by atoms with Crippen LogP contribution in [0, 0.1) is 11.8 Å². The van der Waals surface area contributed by atoms with Gasteiger partial charge in [0, 0.05) is 19.1 Å². The molecule has 0 spiro atoms. The van der Waals surface area contributed by atoms with Crippen LogP contribution in [0.4, 0.5) is 0 Å². The maximum atomic E-state index is 12.2. The number of sulfonamides is 1. The lowest BCUT2D eigenvalue weighted by Gasteiger charge is -2.32. The molecule has 1 saturated carbocycles. The van der Waals surface area contributed by atoms with E-state index in [1.165, 1.54) is 6.26 Å². The van der Waals surface area contributed by atoms with Crippen molar-refractivity contribution in [1.82, 2.24) is 9.62 Å². The molecule has 1 N–H and O–H groups in total. The Balaban J connectivity index is 1.48. The van der Waals surface area contributed by atoms with E-state index in [0.717, 1.165) is 12.8 Å². The summed E-state index contributed by atoms with van der Waals surface area (Å²) in [4.78, 5) is 13.9. The third-order valence-corrected chi connectivity index (χ3v) is 6.43. The number of rotatable bonds is 6. The first-order valence-corrected chi connectivity index (χ1v) is 9.92. The number of likely N-dealkylation sites (tertiary alicyclic amines) is 1. The second-order valence-corrected chi connectivity index (χ2v) is 8.56. The normalized spacial score (nSPS) is 21.3. The summed E-state index contributed by atoms with van der Waals surface area (Å²) >= 11 is 0. The van der Waals surface area contributed by atoms with Crippen molar-refractivity contribution < 1.29 is 17.6 Å². The van der Waals surface area contributed by atoms with Crippen LogP contribution in [0.15, 0.2) is 22.8 Å². The molecular formula is C16H24N2O4S. The molecular weight excluding hydrogens is 316 g/mol. The summed E-state index contributed by atoms with van der Waals surface area (Å²) in [5.41, 5.74) is 0. The zero-order valence-electron chi connectivity index (χ0n) is 13.4. The van der Waals surface area contributed by atoms with Crippen molar-refractivity contribution in [2.75, 3.05) is 18.8 Å². The van der Waals surface area contributed by atoms with Crippen LogP contribution in [0.25, 0.3) is 0 Å². The van der Waals surface area contributed by atoms with Crippen LogP contribution in [0.1, 0.15) is 43.2 Å². The van der Waals surface area contributed by atoms with E-state index in [0.29, 0.717) is 37.6 Å². The standard InChI is InChI=1S/C16H24N2O4S/c1-12(13-4-5-13)11-23(20,21)17-14-6-8-18(9-7-14)16(19)15-3-2-10-22-15/h2-3,10,12-14,17H,4-9,11H2,1H3. The Morgan fingerprint density at radius 3 is 2.61 bits per heavy atom. The minimum atomic E-state index is -3.24. The smallest absolute Gasteiger partial charge is 0.289 e. The van der Waals surface area contributed by atoms with E-state index in [1.54, 1.807) is 17.0 Å². The number of carbonyl (C=O) groups excluding carboxylic acids is 1. The highest BCUT2D eigenvalue weighted by atomic mass is 32.2. The maximum Gasteiger partial charge on any atom is 0.289 e. The van der Waals surface area contributed by atoms with Gasteiger partial charge < -0.3 is 9.32 Å². The van der Waals surface area contributed by atoms with E-state index in [-0.39, 0.29) is 23.6 Å². The summed E-state index contributed by atoms with van der Waals surface area (Å²) in [6.07, 6.45) is 5.08. The van der Waals surface area contributed by atoms with Crippen LogP contribution in [0.3, 0.4) is 0 Å². The molecule has 6 nitrogen and oxygen atoms in total. The summed E-state index contributed by atoms with van der Waals surface area (Å²) in [6, 6.07) is 3.26. The number of hydrogen-bond acceptors (Lipinski definition) is 4. The van der Waals surface area contributed by atoms with Gasteiger partial charge in [0.1, 0.15) is 0 Å². The topological polar surface area (TPSA) is 79.6 Å². The minimum absolute atomic E-state index is 0.0768. The van der Waals surface area contributed by atoms with Crippen LogP contribution in [0.5, 0.6) is 0 Å². The van der Waals surface area contributed by atoms with Crippen molar-refractivity contribution in [3.8, 4) is 0 Å². The lowest BCUT2D eigenvalue weighted by atomic mass is 10.1. The zero-order valence-corrected chi connectivity index (χ0v) is 14.2. The second-order valence-electron chi connectivity index (χ2n) is 6.76. The molecule has 2 heterocycles. The molecule has 1 aromatic rings. The number of amides is 1. The first-order valence-electron chi connectivity index (χ1n) is 8.27. The van der Waals surface area contributed by atoms with Gasteiger partial charge >= 0.3 is 0 Å². The largest absolute Gasteiger partial charge is 0.459 e. The molecule has 1 aliphatic carbocycles. The molecule has 1 aliphatic heterocycles. The number of furan rings is 1. The molecule has 0 radical (unpaired) electrons. The lowest BCUT2D eigenvalue weighted by molar-refractivity contribution is 0.0679. The van der Waals surface area contributed by atoms with Crippen molar-refractivity contribution in [1.29, 1.82) is 0 Å². The van der Waals surface area contributed by atoms with Crippen molar-refractivity contribution in [2.45, 2.75) is 38.6 Å². The third-order valence-electron chi connectivity index (χ3n) is 4.77. The Morgan fingerprint density at radius 1 is 1.35 bits per heavy atom. The van der Waals surface area contributed by atoms with Gasteiger partial charge in [-0.05, 0) is 49.7 Å².